The highest BCUT2D eigenvalue weighted by Gasteiger charge is 2.48. The molecule has 1 amide bonds. The largest absolute Gasteiger partial charge is 0.490 e. The Bertz CT molecular complexity index is 1680. The van der Waals surface area contributed by atoms with E-state index in [4.69, 9.17) is 21.1 Å². The van der Waals surface area contributed by atoms with Crippen LogP contribution in [0.25, 0.3) is 0 Å². The number of carboxylic acids is 1. The number of ether oxygens (including phenoxy) is 2. The molecule has 2 bridgehead atoms. The van der Waals surface area contributed by atoms with Gasteiger partial charge in [-0.05, 0) is 98.2 Å². The maximum absolute atomic E-state index is 13.6. The molecule has 0 aromatic heterocycles. The van der Waals surface area contributed by atoms with Crippen molar-refractivity contribution in [2.45, 2.75) is 81.0 Å². The number of aryl methyl sites for hydroxylation is 1. The Balaban J connectivity index is 1.25. The first-order valence-corrected chi connectivity index (χ1v) is 18.6. The van der Waals surface area contributed by atoms with Gasteiger partial charge < -0.3 is 29.5 Å². The van der Waals surface area contributed by atoms with Crippen molar-refractivity contribution in [3.05, 3.63) is 70.3 Å². The summed E-state index contributed by atoms with van der Waals surface area (Å²) < 4.78 is 40.4. The molecule has 2 aliphatic carbocycles. The third kappa shape index (κ3) is 7.11. The summed E-state index contributed by atoms with van der Waals surface area (Å²) >= 11 is 6.44. The highest BCUT2D eigenvalue weighted by molar-refractivity contribution is 6.30. The molecule has 1 saturated heterocycles. The van der Waals surface area contributed by atoms with E-state index in [-0.39, 0.29) is 48.0 Å². The van der Waals surface area contributed by atoms with Gasteiger partial charge in [0.15, 0.2) is 5.60 Å². The van der Waals surface area contributed by atoms with E-state index >= 15 is 0 Å². The Kier molecular flexibility index (Phi) is 9.88. The van der Waals surface area contributed by atoms with E-state index in [0.717, 1.165) is 32.1 Å². The minimum Gasteiger partial charge on any atom is -0.490 e. The Morgan fingerprint density at radius 1 is 1.16 bits per heavy atom. The molecule has 7 rings (SSSR count). The SMILES string of the molecule is CC(CO[C@H]1/C=C\CCN(C)C(=O)C[C@](O)(C(=O)O)c2ccc3c(c2)N(C[C@@H]2CC[C@H]21)C[C@@]1(CCCc2cc(Cl)ccc21)CO3)N1CC(F)(F)C1. The third-order valence-electron chi connectivity index (χ3n) is 12.0. The number of nitrogens with zero attached hydrogens (tertiary/aromatic N) is 3. The van der Waals surface area contributed by atoms with Crippen LogP contribution in [0.5, 0.6) is 5.75 Å². The molecule has 2 aromatic rings. The number of benzene rings is 2. The van der Waals surface area contributed by atoms with Crippen molar-refractivity contribution in [2.75, 3.05) is 57.9 Å². The van der Waals surface area contributed by atoms with Gasteiger partial charge >= 0.3 is 5.97 Å². The summed E-state index contributed by atoms with van der Waals surface area (Å²) in [5.41, 5.74) is 0.420. The Hall–Kier alpha value is -3.25. The minimum absolute atomic E-state index is 0.125. The average molecular weight is 728 g/mol. The Morgan fingerprint density at radius 3 is 2.69 bits per heavy atom. The molecular formula is C39H48ClF2N3O6. The summed E-state index contributed by atoms with van der Waals surface area (Å²) in [5, 5.41) is 22.7. The van der Waals surface area contributed by atoms with Crippen LogP contribution in [-0.4, -0.2) is 103 Å². The molecule has 0 radical (unpaired) electrons. The van der Waals surface area contributed by atoms with Gasteiger partial charge in [-0.2, -0.15) is 0 Å². The van der Waals surface area contributed by atoms with Gasteiger partial charge in [0.2, 0.25) is 5.91 Å². The number of amides is 1. The van der Waals surface area contributed by atoms with Crippen LogP contribution >= 0.6 is 11.6 Å². The first-order valence-electron chi connectivity index (χ1n) is 18.2. The number of carbonyl (C=O) groups excluding carboxylic acids is 1. The van der Waals surface area contributed by atoms with Crippen LogP contribution < -0.4 is 9.64 Å². The summed E-state index contributed by atoms with van der Waals surface area (Å²) in [5.74, 6) is -3.65. The van der Waals surface area contributed by atoms with Gasteiger partial charge in [-0.25, -0.2) is 13.6 Å². The van der Waals surface area contributed by atoms with Crippen LogP contribution in [0.4, 0.5) is 14.5 Å². The van der Waals surface area contributed by atoms with Crippen molar-refractivity contribution in [3.63, 3.8) is 0 Å². The van der Waals surface area contributed by atoms with E-state index in [1.54, 1.807) is 30.1 Å². The number of rotatable bonds is 5. The second-order valence-corrected chi connectivity index (χ2v) is 16.0. The number of halogens is 3. The van der Waals surface area contributed by atoms with E-state index in [2.05, 4.69) is 11.0 Å². The number of anilines is 1. The standard InChI is InChI=1S/C39H48ClF2N3O6/c1-25(45-22-38(41,42)23-45)20-50-33-7-3-4-15-43(2)35(46)18-39(49,36(47)48)28-9-13-34-32(17-28)44(19-27-8-11-30(27)33)21-37(24-51-34)14-5-6-26-16-29(40)10-12-31(26)37/h3,7,9-10,12-13,16-17,25,27,30,33,49H,4-6,8,11,14-15,18-24H2,1-2H3,(H,47,48)/b7-3-/t25?,27-,30+,33-,37-,39+/m0/s1. The van der Waals surface area contributed by atoms with Crippen molar-refractivity contribution >= 4 is 29.2 Å². The second kappa shape index (κ2) is 14.0. The Labute approximate surface area is 303 Å². The maximum Gasteiger partial charge on any atom is 0.340 e. The highest BCUT2D eigenvalue weighted by Crippen LogP contribution is 2.48. The summed E-state index contributed by atoms with van der Waals surface area (Å²) in [6.45, 7) is 3.74. The van der Waals surface area contributed by atoms with E-state index < -0.39 is 29.8 Å². The van der Waals surface area contributed by atoms with Gasteiger partial charge in [-0.3, -0.25) is 9.69 Å². The van der Waals surface area contributed by atoms with Crippen molar-refractivity contribution in [2.24, 2.45) is 11.8 Å². The van der Waals surface area contributed by atoms with Crippen LogP contribution in [0.1, 0.15) is 62.1 Å². The zero-order valence-corrected chi connectivity index (χ0v) is 30.1. The molecule has 3 heterocycles. The fourth-order valence-electron chi connectivity index (χ4n) is 8.72. The predicted molar refractivity (Wildman–Crippen MR) is 190 cm³/mol. The van der Waals surface area contributed by atoms with Crippen LogP contribution in [0.15, 0.2) is 48.6 Å². The Morgan fingerprint density at radius 2 is 1.96 bits per heavy atom. The molecular weight excluding hydrogens is 680 g/mol. The molecule has 276 valence electrons. The molecule has 2 aromatic carbocycles. The molecule has 6 atom stereocenters. The normalized spacial score (nSPS) is 32.0. The van der Waals surface area contributed by atoms with Gasteiger partial charge in [0.05, 0.1) is 44.5 Å². The van der Waals surface area contributed by atoms with Gasteiger partial charge in [0.1, 0.15) is 5.75 Å². The average Bonchev–Trinajstić information content (AvgIpc) is 3.21. The number of alkyl halides is 2. The fourth-order valence-corrected chi connectivity index (χ4v) is 8.92. The summed E-state index contributed by atoms with van der Waals surface area (Å²) in [6, 6.07) is 10.9. The van der Waals surface area contributed by atoms with E-state index in [9.17, 15) is 28.6 Å². The van der Waals surface area contributed by atoms with Crippen LogP contribution in [0.2, 0.25) is 5.02 Å². The first-order chi connectivity index (χ1) is 24.3. The number of carboxylic acid groups (broad SMARTS) is 1. The van der Waals surface area contributed by atoms with Crippen LogP contribution in [-0.2, 0) is 31.8 Å². The quantitative estimate of drug-likeness (QED) is 0.382. The number of fused-ring (bicyclic) bond motifs is 4. The topological polar surface area (TPSA) is 103 Å². The monoisotopic (exact) mass is 727 g/mol. The zero-order chi connectivity index (χ0) is 36.1. The van der Waals surface area contributed by atoms with E-state index in [1.165, 1.54) is 16.0 Å². The van der Waals surface area contributed by atoms with Crippen molar-refractivity contribution < 1.29 is 38.1 Å². The van der Waals surface area contributed by atoms with Gasteiger partial charge in [0.25, 0.3) is 5.92 Å². The predicted octanol–water partition coefficient (Wildman–Crippen LogP) is 5.64. The third-order valence-corrected chi connectivity index (χ3v) is 12.3. The summed E-state index contributed by atoms with van der Waals surface area (Å²) in [4.78, 5) is 31.5. The minimum atomic E-state index is -2.64. The summed E-state index contributed by atoms with van der Waals surface area (Å²) in [6.07, 6.45) is 8.38. The lowest BCUT2D eigenvalue weighted by atomic mass is 9.68. The number of hydrogen-bond donors (Lipinski definition) is 2. The van der Waals surface area contributed by atoms with Gasteiger partial charge in [-0.15, -0.1) is 0 Å². The van der Waals surface area contributed by atoms with E-state index in [1.807, 2.05) is 31.2 Å². The highest BCUT2D eigenvalue weighted by atomic mass is 35.5. The molecule has 1 unspecified atom stereocenters. The van der Waals surface area contributed by atoms with Gasteiger partial charge in [-0.1, -0.05) is 35.9 Å². The summed E-state index contributed by atoms with van der Waals surface area (Å²) in [7, 11) is 1.60. The zero-order valence-electron chi connectivity index (χ0n) is 29.3. The molecule has 3 aliphatic heterocycles. The number of aliphatic carboxylic acids is 1. The van der Waals surface area contributed by atoms with Gasteiger partial charge in [0, 0.05) is 43.2 Å². The molecule has 2 N–H and O–H groups in total. The lowest BCUT2D eigenvalue weighted by molar-refractivity contribution is -0.164. The molecule has 51 heavy (non-hydrogen) atoms. The smallest absolute Gasteiger partial charge is 0.340 e. The van der Waals surface area contributed by atoms with E-state index in [0.29, 0.717) is 55.7 Å². The lowest BCUT2D eigenvalue weighted by Gasteiger charge is -2.47. The van der Waals surface area contributed by atoms with Crippen molar-refractivity contribution in [3.8, 4) is 5.75 Å². The molecule has 2 fully saturated rings. The number of aliphatic hydroxyl groups is 1. The fraction of sp³-hybridized carbons (Fsp3) is 0.590. The second-order valence-electron chi connectivity index (χ2n) is 15.6. The molecule has 1 saturated carbocycles. The van der Waals surface area contributed by atoms with Crippen LogP contribution in [0.3, 0.4) is 0 Å². The number of likely N-dealkylation sites (tertiary alicyclic amines) is 1. The number of hydrogen-bond acceptors (Lipinski definition) is 7. The number of carbonyl (C=O) groups is 2. The molecule has 12 heteroatoms. The molecule has 1 spiro atoms. The molecule has 9 nitrogen and oxygen atoms in total. The van der Waals surface area contributed by atoms with Crippen molar-refractivity contribution in [1.29, 1.82) is 0 Å². The van der Waals surface area contributed by atoms with Crippen LogP contribution in [0, 0.1) is 11.8 Å². The molecule has 5 aliphatic rings. The first kappa shape index (κ1) is 36.1. The maximum atomic E-state index is 13.6. The van der Waals surface area contributed by atoms with Crippen molar-refractivity contribution in [1.82, 2.24) is 9.80 Å². The lowest BCUT2D eigenvalue weighted by Crippen LogP contribution is -2.60.